The Hall–Kier alpha value is -1.04. The molecule has 0 amide bonds. The van der Waals surface area contributed by atoms with E-state index in [0.717, 1.165) is 11.1 Å². The zero-order chi connectivity index (χ0) is 14.8. The van der Waals surface area contributed by atoms with E-state index < -0.39 is 18.6 Å². The highest BCUT2D eigenvalue weighted by atomic mass is 19.3. The number of benzene rings is 1. The van der Waals surface area contributed by atoms with E-state index in [2.05, 4.69) is 5.32 Å². The van der Waals surface area contributed by atoms with Gasteiger partial charge in [-0.15, -0.1) is 0 Å². The van der Waals surface area contributed by atoms with E-state index in [9.17, 15) is 8.78 Å². The molecule has 1 atom stereocenters. The maximum Gasteiger partial charge on any atom is 0.289 e. The van der Waals surface area contributed by atoms with Crippen LogP contribution in [0.2, 0.25) is 0 Å². The van der Waals surface area contributed by atoms with Gasteiger partial charge in [-0.25, -0.2) is 8.78 Å². The van der Waals surface area contributed by atoms with Crippen molar-refractivity contribution in [2.24, 2.45) is 0 Å². The zero-order valence-corrected chi connectivity index (χ0v) is 12.0. The highest BCUT2D eigenvalue weighted by Crippen LogP contribution is 2.38. The lowest BCUT2D eigenvalue weighted by Gasteiger charge is -2.39. The molecule has 1 heterocycles. The number of hydrogen-bond donors (Lipinski definition) is 2. The van der Waals surface area contributed by atoms with Gasteiger partial charge in [-0.3, -0.25) is 4.90 Å². The molecular formula is C15H22F2N2O. The summed E-state index contributed by atoms with van der Waals surface area (Å²) in [4.78, 5) is 1.77. The molecule has 1 aromatic rings. The fourth-order valence-corrected chi connectivity index (χ4v) is 2.77. The van der Waals surface area contributed by atoms with Gasteiger partial charge >= 0.3 is 0 Å². The minimum Gasteiger partial charge on any atom is -0.390 e. The molecule has 3 nitrogen and oxygen atoms in total. The Kier molecular flexibility index (Phi) is 4.73. The third-order valence-electron chi connectivity index (χ3n) is 3.86. The summed E-state index contributed by atoms with van der Waals surface area (Å²) in [5.74, 6) is -3.14. The van der Waals surface area contributed by atoms with Crippen molar-refractivity contribution >= 4 is 0 Å². The summed E-state index contributed by atoms with van der Waals surface area (Å²) in [5, 5.41) is 12.3. The van der Waals surface area contributed by atoms with Crippen molar-refractivity contribution in [2.45, 2.75) is 25.8 Å². The molecule has 0 saturated carbocycles. The normalized spacial score (nSPS) is 19.1. The summed E-state index contributed by atoms with van der Waals surface area (Å²) in [6.45, 7) is 5.13. The van der Waals surface area contributed by atoms with Crippen molar-refractivity contribution in [2.75, 3.05) is 32.8 Å². The predicted octanol–water partition coefficient (Wildman–Crippen LogP) is 1.88. The summed E-state index contributed by atoms with van der Waals surface area (Å²) in [7, 11) is 0. The molecule has 0 radical (unpaired) electrons. The lowest BCUT2D eigenvalue weighted by Crippen LogP contribution is -2.51. The SMILES string of the molecule is Cc1ccc(C)c([C@H](N2CCNCC2)C(F)(F)CO)c1. The Morgan fingerprint density at radius 3 is 2.55 bits per heavy atom. The number of rotatable bonds is 4. The quantitative estimate of drug-likeness (QED) is 0.886. The molecule has 0 bridgehead atoms. The standard InChI is InChI=1S/C15H22F2N2O/c1-11-3-4-12(2)13(9-11)14(15(16,17)10-20)19-7-5-18-6-8-19/h3-4,9,14,18,20H,5-8,10H2,1-2H3/t14-/m0/s1. The van der Waals surface area contributed by atoms with Gasteiger partial charge < -0.3 is 10.4 Å². The first-order chi connectivity index (χ1) is 9.45. The van der Waals surface area contributed by atoms with E-state index in [-0.39, 0.29) is 0 Å². The van der Waals surface area contributed by atoms with Crippen molar-refractivity contribution in [3.8, 4) is 0 Å². The van der Waals surface area contributed by atoms with Crippen molar-refractivity contribution in [3.63, 3.8) is 0 Å². The second-order valence-corrected chi connectivity index (χ2v) is 5.47. The first kappa shape index (κ1) is 15.4. The Bertz CT molecular complexity index is 459. The van der Waals surface area contributed by atoms with Crippen LogP contribution in [0, 0.1) is 13.8 Å². The van der Waals surface area contributed by atoms with E-state index in [1.165, 1.54) is 0 Å². The molecule has 0 spiro atoms. The van der Waals surface area contributed by atoms with Crippen LogP contribution in [-0.2, 0) is 0 Å². The van der Waals surface area contributed by atoms with Crippen molar-refractivity contribution < 1.29 is 13.9 Å². The molecule has 2 N–H and O–H groups in total. The average Bonchev–Trinajstić information content (AvgIpc) is 2.44. The van der Waals surface area contributed by atoms with Crippen molar-refractivity contribution in [1.82, 2.24) is 10.2 Å². The Morgan fingerprint density at radius 2 is 1.95 bits per heavy atom. The van der Waals surface area contributed by atoms with Gasteiger partial charge in [0.15, 0.2) is 0 Å². The number of alkyl halides is 2. The molecule has 1 fully saturated rings. The molecule has 0 aromatic heterocycles. The van der Waals surface area contributed by atoms with Crippen LogP contribution in [-0.4, -0.2) is 48.7 Å². The smallest absolute Gasteiger partial charge is 0.289 e. The molecule has 1 aliphatic rings. The minimum absolute atomic E-state index is 0.563. The maximum absolute atomic E-state index is 14.3. The summed E-state index contributed by atoms with van der Waals surface area (Å²) in [6, 6.07) is 4.54. The highest BCUT2D eigenvalue weighted by molar-refractivity contribution is 5.34. The van der Waals surface area contributed by atoms with E-state index in [1.54, 1.807) is 4.90 Å². The number of aliphatic hydroxyl groups excluding tert-OH is 1. The molecule has 5 heteroatoms. The second-order valence-electron chi connectivity index (χ2n) is 5.47. The lowest BCUT2D eigenvalue weighted by atomic mass is 9.93. The molecule has 2 rings (SSSR count). The van der Waals surface area contributed by atoms with E-state index >= 15 is 0 Å². The average molecular weight is 284 g/mol. The monoisotopic (exact) mass is 284 g/mol. The summed E-state index contributed by atoms with van der Waals surface area (Å²) in [6.07, 6.45) is 0. The van der Waals surface area contributed by atoms with Gasteiger partial charge in [0.2, 0.25) is 0 Å². The van der Waals surface area contributed by atoms with Crippen molar-refractivity contribution in [1.29, 1.82) is 0 Å². The second kappa shape index (κ2) is 6.16. The van der Waals surface area contributed by atoms with Gasteiger partial charge in [0.25, 0.3) is 5.92 Å². The maximum atomic E-state index is 14.3. The Morgan fingerprint density at radius 1 is 1.30 bits per heavy atom. The van der Waals surface area contributed by atoms with Crippen LogP contribution in [0.3, 0.4) is 0 Å². The molecule has 1 aromatic carbocycles. The van der Waals surface area contributed by atoms with Crippen LogP contribution in [0.15, 0.2) is 18.2 Å². The first-order valence-corrected chi connectivity index (χ1v) is 6.96. The Balaban J connectivity index is 2.42. The fourth-order valence-electron chi connectivity index (χ4n) is 2.77. The van der Waals surface area contributed by atoms with Crippen molar-refractivity contribution in [3.05, 3.63) is 34.9 Å². The van der Waals surface area contributed by atoms with Gasteiger partial charge in [0.1, 0.15) is 12.6 Å². The number of nitrogens with zero attached hydrogens (tertiary/aromatic N) is 1. The largest absolute Gasteiger partial charge is 0.390 e. The van der Waals surface area contributed by atoms with Crippen LogP contribution in [0.25, 0.3) is 0 Å². The molecule has 0 aliphatic carbocycles. The van der Waals surface area contributed by atoms with Crippen LogP contribution in [0.5, 0.6) is 0 Å². The fraction of sp³-hybridized carbons (Fsp3) is 0.600. The third-order valence-corrected chi connectivity index (χ3v) is 3.86. The van der Waals surface area contributed by atoms with Gasteiger partial charge in [-0.05, 0) is 25.0 Å². The number of hydrogen-bond acceptors (Lipinski definition) is 3. The minimum atomic E-state index is -3.14. The summed E-state index contributed by atoms with van der Waals surface area (Å²) < 4.78 is 28.6. The molecule has 0 unspecified atom stereocenters. The van der Waals surface area contributed by atoms with E-state index in [1.807, 2.05) is 32.0 Å². The summed E-state index contributed by atoms with van der Waals surface area (Å²) >= 11 is 0. The topological polar surface area (TPSA) is 35.5 Å². The number of halogens is 2. The number of aliphatic hydroxyl groups is 1. The molecule has 1 saturated heterocycles. The third kappa shape index (κ3) is 3.16. The molecule has 20 heavy (non-hydrogen) atoms. The number of nitrogens with one attached hydrogen (secondary N) is 1. The van der Waals surface area contributed by atoms with Gasteiger partial charge in [-0.2, -0.15) is 0 Å². The summed E-state index contributed by atoms with van der Waals surface area (Å²) in [5.41, 5.74) is 2.41. The van der Waals surface area contributed by atoms with Crippen LogP contribution in [0.4, 0.5) is 8.78 Å². The molecular weight excluding hydrogens is 262 g/mol. The van der Waals surface area contributed by atoms with E-state index in [0.29, 0.717) is 31.7 Å². The Labute approximate surface area is 118 Å². The van der Waals surface area contributed by atoms with Crippen LogP contribution < -0.4 is 5.32 Å². The van der Waals surface area contributed by atoms with E-state index in [4.69, 9.17) is 5.11 Å². The van der Waals surface area contributed by atoms with Gasteiger partial charge in [-0.1, -0.05) is 23.8 Å². The lowest BCUT2D eigenvalue weighted by molar-refractivity contribution is -0.118. The van der Waals surface area contributed by atoms with Gasteiger partial charge in [0.05, 0.1) is 0 Å². The predicted molar refractivity (Wildman–Crippen MR) is 75.1 cm³/mol. The highest BCUT2D eigenvalue weighted by Gasteiger charge is 2.44. The first-order valence-electron chi connectivity index (χ1n) is 6.96. The number of piperazine rings is 1. The molecule has 1 aliphatic heterocycles. The zero-order valence-electron chi connectivity index (χ0n) is 12.0. The van der Waals surface area contributed by atoms with Crippen LogP contribution >= 0.6 is 0 Å². The molecule has 112 valence electrons. The number of aryl methyl sites for hydroxylation is 2. The van der Waals surface area contributed by atoms with Crippen LogP contribution in [0.1, 0.15) is 22.7 Å². The van der Waals surface area contributed by atoms with Gasteiger partial charge in [0, 0.05) is 26.2 Å².